The summed E-state index contributed by atoms with van der Waals surface area (Å²) >= 11 is 0. The molecule has 0 radical (unpaired) electrons. The number of nitrogens with zero attached hydrogens (tertiary/aromatic N) is 1. The van der Waals surface area contributed by atoms with Crippen molar-refractivity contribution in [3.63, 3.8) is 0 Å². The average Bonchev–Trinajstić information content (AvgIpc) is 2.55. The van der Waals surface area contributed by atoms with Crippen molar-refractivity contribution in [3.05, 3.63) is 24.3 Å². The monoisotopic (exact) mass is 290 g/mol. The van der Waals surface area contributed by atoms with Gasteiger partial charge < -0.3 is 15.0 Å². The molecule has 1 aliphatic rings. The summed E-state index contributed by atoms with van der Waals surface area (Å²) in [6.07, 6.45) is 6.97. The second-order valence-electron chi connectivity index (χ2n) is 6.14. The molecule has 118 valence electrons. The predicted molar refractivity (Wildman–Crippen MR) is 90.3 cm³/mol. The lowest BCUT2D eigenvalue weighted by Gasteiger charge is -2.34. The minimum absolute atomic E-state index is 0.589. The van der Waals surface area contributed by atoms with E-state index < -0.39 is 0 Å². The van der Waals surface area contributed by atoms with Crippen LogP contribution in [0.5, 0.6) is 5.75 Å². The number of likely N-dealkylation sites (N-methyl/N-ethyl adjacent to an activating group) is 2. The second-order valence-corrected chi connectivity index (χ2v) is 6.14. The van der Waals surface area contributed by atoms with Gasteiger partial charge in [-0.1, -0.05) is 32.3 Å². The van der Waals surface area contributed by atoms with E-state index in [1.807, 2.05) is 6.07 Å². The van der Waals surface area contributed by atoms with Crippen LogP contribution in [0.25, 0.3) is 0 Å². The molecule has 1 unspecified atom stereocenters. The predicted octanol–water partition coefficient (Wildman–Crippen LogP) is 3.69. The molecule has 1 saturated carbocycles. The van der Waals surface area contributed by atoms with Gasteiger partial charge in [0.25, 0.3) is 0 Å². The van der Waals surface area contributed by atoms with Crippen LogP contribution in [-0.4, -0.2) is 33.3 Å². The number of rotatable bonds is 7. The smallest absolute Gasteiger partial charge is 0.120 e. The van der Waals surface area contributed by atoms with Gasteiger partial charge in [0, 0.05) is 31.4 Å². The molecule has 0 amide bonds. The van der Waals surface area contributed by atoms with Crippen molar-refractivity contribution in [3.8, 4) is 5.75 Å². The molecule has 21 heavy (non-hydrogen) atoms. The Bertz CT molecular complexity index is 415. The highest BCUT2D eigenvalue weighted by Crippen LogP contribution is 2.28. The first-order valence-corrected chi connectivity index (χ1v) is 8.33. The summed E-state index contributed by atoms with van der Waals surface area (Å²) in [5.41, 5.74) is 1.23. The van der Waals surface area contributed by atoms with Crippen LogP contribution < -0.4 is 15.0 Å². The van der Waals surface area contributed by atoms with Crippen molar-refractivity contribution in [2.45, 2.75) is 45.1 Å². The molecule has 0 aliphatic heterocycles. The normalized spacial score (nSPS) is 17.5. The van der Waals surface area contributed by atoms with Gasteiger partial charge in [-0.25, -0.2) is 0 Å². The summed E-state index contributed by atoms with van der Waals surface area (Å²) in [5.74, 6) is 1.75. The molecule has 0 bridgehead atoms. The first-order valence-electron chi connectivity index (χ1n) is 8.33. The number of hydrogen-bond donors (Lipinski definition) is 1. The van der Waals surface area contributed by atoms with E-state index in [1.54, 1.807) is 7.11 Å². The minimum Gasteiger partial charge on any atom is -0.497 e. The summed E-state index contributed by atoms with van der Waals surface area (Å²) in [4.78, 5) is 2.35. The molecule has 3 heteroatoms. The zero-order valence-electron chi connectivity index (χ0n) is 13.8. The topological polar surface area (TPSA) is 24.5 Å². The van der Waals surface area contributed by atoms with Gasteiger partial charge in [0.05, 0.1) is 7.11 Å². The molecule has 1 aromatic carbocycles. The Hall–Kier alpha value is -1.22. The lowest BCUT2D eigenvalue weighted by atomic mass is 9.83. The molecule has 1 fully saturated rings. The third-order valence-corrected chi connectivity index (χ3v) is 4.65. The Labute approximate surface area is 129 Å². The van der Waals surface area contributed by atoms with Gasteiger partial charge >= 0.3 is 0 Å². The zero-order valence-corrected chi connectivity index (χ0v) is 13.8. The summed E-state index contributed by atoms with van der Waals surface area (Å²) in [5, 5.41) is 3.71. The maximum Gasteiger partial charge on any atom is 0.120 e. The Morgan fingerprint density at radius 1 is 1.29 bits per heavy atom. The minimum atomic E-state index is 0.589. The molecule has 0 spiro atoms. The second kappa shape index (κ2) is 8.28. The lowest BCUT2D eigenvalue weighted by molar-refractivity contribution is 0.273. The van der Waals surface area contributed by atoms with Crippen molar-refractivity contribution in [1.29, 1.82) is 0 Å². The van der Waals surface area contributed by atoms with Crippen LogP contribution in [0.15, 0.2) is 24.3 Å². The lowest BCUT2D eigenvalue weighted by Crippen LogP contribution is -2.45. The number of anilines is 1. The van der Waals surface area contributed by atoms with E-state index in [4.69, 9.17) is 4.74 Å². The fourth-order valence-electron chi connectivity index (χ4n) is 3.43. The van der Waals surface area contributed by atoms with Gasteiger partial charge in [-0.2, -0.15) is 0 Å². The molecule has 1 atom stereocenters. The molecule has 2 rings (SSSR count). The first-order chi connectivity index (χ1) is 10.2. The summed E-state index contributed by atoms with van der Waals surface area (Å²) < 4.78 is 5.33. The van der Waals surface area contributed by atoms with Crippen LogP contribution in [0, 0.1) is 5.92 Å². The van der Waals surface area contributed by atoms with Gasteiger partial charge in [0.1, 0.15) is 5.75 Å². The molecule has 3 nitrogen and oxygen atoms in total. The van der Waals surface area contributed by atoms with Gasteiger partial charge in [-0.3, -0.25) is 0 Å². The highest BCUT2D eigenvalue weighted by molar-refractivity contribution is 5.50. The van der Waals surface area contributed by atoms with E-state index in [0.717, 1.165) is 24.8 Å². The summed E-state index contributed by atoms with van der Waals surface area (Å²) in [7, 11) is 3.91. The van der Waals surface area contributed by atoms with Gasteiger partial charge in [-0.05, 0) is 37.4 Å². The third-order valence-electron chi connectivity index (χ3n) is 4.65. The Morgan fingerprint density at radius 2 is 2.05 bits per heavy atom. The zero-order chi connectivity index (χ0) is 15.1. The number of nitrogens with one attached hydrogen (secondary N) is 1. The quantitative estimate of drug-likeness (QED) is 0.829. The standard InChI is InChI=1S/C18H30N2O/c1-4-19-18(15-9-6-5-7-10-15)14-20(2)16-11-8-12-17(13-16)21-3/h8,11-13,15,18-19H,4-7,9-10,14H2,1-3H3. The third kappa shape index (κ3) is 4.63. The summed E-state index contributed by atoms with van der Waals surface area (Å²) in [6.45, 7) is 4.32. The van der Waals surface area contributed by atoms with E-state index in [9.17, 15) is 0 Å². The van der Waals surface area contributed by atoms with Crippen molar-refractivity contribution >= 4 is 5.69 Å². The molecular formula is C18H30N2O. The molecule has 1 N–H and O–H groups in total. The number of benzene rings is 1. The average molecular weight is 290 g/mol. The fraction of sp³-hybridized carbons (Fsp3) is 0.667. The fourth-order valence-corrected chi connectivity index (χ4v) is 3.43. The van der Waals surface area contributed by atoms with Gasteiger partial charge in [-0.15, -0.1) is 0 Å². The van der Waals surface area contributed by atoms with E-state index in [0.29, 0.717) is 6.04 Å². The van der Waals surface area contributed by atoms with Crippen LogP contribution in [0.3, 0.4) is 0 Å². The van der Waals surface area contributed by atoms with Crippen molar-refractivity contribution in [1.82, 2.24) is 5.32 Å². The van der Waals surface area contributed by atoms with E-state index >= 15 is 0 Å². The largest absolute Gasteiger partial charge is 0.497 e. The Morgan fingerprint density at radius 3 is 2.71 bits per heavy atom. The van der Waals surface area contributed by atoms with Gasteiger partial charge in [0.2, 0.25) is 0 Å². The highest BCUT2D eigenvalue weighted by Gasteiger charge is 2.24. The van der Waals surface area contributed by atoms with E-state index in [-0.39, 0.29) is 0 Å². The highest BCUT2D eigenvalue weighted by atomic mass is 16.5. The van der Waals surface area contributed by atoms with Crippen LogP contribution in [-0.2, 0) is 0 Å². The van der Waals surface area contributed by atoms with Crippen molar-refractivity contribution in [2.24, 2.45) is 5.92 Å². The molecule has 1 aromatic rings. The maximum absolute atomic E-state index is 5.33. The Kier molecular flexibility index (Phi) is 6.37. The van der Waals surface area contributed by atoms with Crippen LogP contribution in [0.1, 0.15) is 39.0 Å². The molecule has 0 aromatic heterocycles. The Balaban J connectivity index is 2.00. The van der Waals surface area contributed by atoms with Crippen molar-refractivity contribution < 1.29 is 4.74 Å². The number of hydrogen-bond acceptors (Lipinski definition) is 3. The van der Waals surface area contributed by atoms with Crippen LogP contribution >= 0.6 is 0 Å². The molecule has 1 aliphatic carbocycles. The first kappa shape index (κ1) is 16.2. The SMILES string of the molecule is CCNC(CN(C)c1cccc(OC)c1)C1CCCCC1. The summed E-state index contributed by atoms with van der Waals surface area (Å²) in [6, 6.07) is 8.93. The molecular weight excluding hydrogens is 260 g/mol. The molecule has 0 saturated heterocycles. The van der Waals surface area contributed by atoms with Crippen LogP contribution in [0.4, 0.5) is 5.69 Å². The van der Waals surface area contributed by atoms with E-state index in [1.165, 1.54) is 37.8 Å². The molecule has 0 heterocycles. The number of ether oxygens (including phenoxy) is 1. The number of methoxy groups -OCH3 is 1. The maximum atomic E-state index is 5.33. The van der Waals surface area contributed by atoms with Gasteiger partial charge in [0.15, 0.2) is 0 Å². The van der Waals surface area contributed by atoms with Crippen LogP contribution in [0.2, 0.25) is 0 Å². The van der Waals surface area contributed by atoms with Crippen molar-refractivity contribution in [2.75, 3.05) is 32.1 Å². The van der Waals surface area contributed by atoms with E-state index in [2.05, 4.69) is 42.4 Å².